The van der Waals surface area contributed by atoms with Gasteiger partial charge in [-0.15, -0.1) is 0 Å². The number of rotatable bonds is 1. The third kappa shape index (κ3) is 2.73. The molecule has 0 aromatic rings. The maximum absolute atomic E-state index is 11.7. The summed E-state index contributed by atoms with van der Waals surface area (Å²) in [6.07, 6.45) is 9.81. The van der Waals surface area contributed by atoms with Crippen molar-refractivity contribution < 1.29 is 9.90 Å². The summed E-state index contributed by atoms with van der Waals surface area (Å²) in [6.45, 7) is 0. The van der Waals surface area contributed by atoms with E-state index in [1.807, 2.05) is 0 Å². The summed E-state index contributed by atoms with van der Waals surface area (Å²) in [6, 6.07) is 6.36. The first-order valence-corrected chi connectivity index (χ1v) is 9.97. The first-order valence-electron chi connectivity index (χ1n) is 9.97. The van der Waals surface area contributed by atoms with Crippen LogP contribution < -0.4 is 5.32 Å². The highest BCUT2D eigenvalue weighted by molar-refractivity contribution is 5.79. The van der Waals surface area contributed by atoms with Gasteiger partial charge < -0.3 is 10.4 Å². The molecule has 0 radical (unpaired) electrons. The van der Waals surface area contributed by atoms with Crippen LogP contribution in [0, 0.1) is 50.7 Å². The van der Waals surface area contributed by atoms with Crippen LogP contribution >= 0.6 is 0 Å². The van der Waals surface area contributed by atoms with Gasteiger partial charge in [-0.05, 0) is 19.3 Å². The molecule has 1 saturated carbocycles. The molecular formula is C21H26N4O2. The third-order valence-corrected chi connectivity index (χ3v) is 6.79. The minimum Gasteiger partial charge on any atom is -0.371 e. The monoisotopic (exact) mass is 366 g/mol. The van der Waals surface area contributed by atoms with Crippen molar-refractivity contribution in [2.45, 2.75) is 76.4 Å². The zero-order valence-electron chi connectivity index (χ0n) is 15.6. The average Bonchev–Trinajstić information content (AvgIpc) is 3.08. The van der Waals surface area contributed by atoms with Gasteiger partial charge in [0.2, 0.25) is 0 Å². The lowest BCUT2D eigenvalue weighted by Crippen LogP contribution is -2.49. The molecule has 0 amide bonds. The predicted octanol–water partition coefficient (Wildman–Crippen LogP) is 3.21. The normalized spacial score (nSPS) is 35.9. The molecule has 0 bridgehead atoms. The van der Waals surface area contributed by atoms with Gasteiger partial charge in [-0.25, -0.2) is 0 Å². The Kier molecular flexibility index (Phi) is 5.27. The van der Waals surface area contributed by atoms with Crippen LogP contribution in [0.25, 0.3) is 0 Å². The Hall–Kier alpha value is -2.36. The molecule has 2 fully saturated rings. The maximum atomic E-state index is 11.7. The minimum atomic E-state index is -1.65. The third-order valence-electron chi connectivity index (χ3n) is 6.79. The van der Waals surface area contributed by atoms with E-state index in [2.05, 4.69) is 23.5 Å². The topological polar surface area (TPSA) is 121 Å². The number of hydrogen-bond donors (Lipinski definition) is 2. The molecule has 1 heterocycles. The number of nitrogens with one attached hydrogen (secondary N) is 1. The summed E-state index contributed by atoms with van der Waals surface area (Å²) in [7, 11) is 0. The second-order valence-corrected chi connectivity index (χ2v) is 8.21. The lowest BCUT2D eigenvalue weighted by Gasteiger charge is -2.39. The van der Waals surface area contributed by atoms with Crippen LogP contribution in [0.2, 0.25) is 0 Å². The molecule has 6 heteroatoms. The molecule has 27 heavy (non-hydrogen) atoms. The summed E-state index contributed by atoms with van der Waals surface area (Å²) in [5, 5.41) is 44.6. The highest BCUT2D eigenvalue weighted by Gasteiger charge is 2.73. The molecule has 3 aliphatic rings. The summed E-state index contributed by atoms with van der Waals surface area (Å²) >= 11 is 0. The summed E-state index contributed by atoms with van der Waals surface area (Å²) < 4.78 is 0. The van der Waals surface area contributed by atoms with Crippen molar-refractivity contribution in [3.05, 3.63) is 11.3 Å². The van der Waals surface area contributed by atoms with Crippen molar-refractivity contribution in [2.24, 2.45) is 16.7 Å². The zero-order valence-corrected chi connectivity index (χ0v) is 15.6. The Morgan fingerprint density at radius 1 is 0.963 bits per heavy atom. The van der Waals surface area contributed by atoms with Crippen molar-refractivity contribution in [3.63, 3.8) is 0 Å². The van der Waals surface area contributed by atoms with Gasteiger partial charge in [0.05, 0.1) is 18.2 Å². The molecule has 2 aliphatic carbocycles. The molecule has 3 atom stereocenters. The largest absolute Gasteiger partial charge is 0.371 e. The fourth-order valence-electron chi connectivity index (χ4n) is 5.40. The number of aliphatic hydroxyl groups is 1. The van der Waals surface area contributed by atoms with Crippen molar-refractivity contribution >= 4 is 6.29 Å². The van der Waals surface area contributed by atoms with Gasteiger partial charge in [-0.1, -0.05) is 44.9 Å². The Labute approximate surface area is 160 Å². The summed E-state index contributed by atoms with van der Waals surface area (Å²) in [4.78, 5) is 11.7. The number of hydrogen-bond acceptors (Lipinski definition) is 6. The van der Waals surface area contributed by atoms with Gasteiger partial charge in [0.25, 0.3) is 0 Å². The van der Waals surface area contributed by atoms with Crippen LogP contribution in [-0.2, 0) is 4.79 Å². The Morgan fingerprint density at radius 3 is 2.11 bits per heavy atom. The second kappa shape index (κ2) is 7.34. The van der Waals surface area contributed by atoms with Gasteiger partial charge in [-0.3, -0.25) is 4.79 Å². The van der Waals surface area contributed by atoms with E-state index in [0.29, 0.717) is 24.8 Å². The second-order valence-electron chi connectivity index (χ2n) is 8.21. The fraction of sp³-hybridized carbons (Fsp3) is 0.714. The number of fused-ring (bicyclic) bond motifs is 3. The lowest BCUT2D eigenvalue weighted by molar-refractivity contribution is -0.105. The van der Waals surface area contributed by atoms with E-state index >= 15 is 0 Å². The number of nitriles is 3. The fourth-order valence-corrected chi connectivity index (χ4v) is 5.40. The van der Waals surface area contributed by atoms with E-state index in [-0.39, 0.29) is 12.0 Å². The van der Waals surface area contributed by atoms with Crippen LogP contribution in [0.4, 0.5) is 0 Å². The lowest BCUT2D eigenvalue weighted by atomic mass is 9.58. The van der Waals surface area contributed by atoms with Gasteiger partial charge in [0.1, 0.15) is 17.4 Å². The van der Waals surface area contributed by atoms with Crippen LogP contribution in [0.3, 0.4) is 0 Å². The summed E-state index contributed by atoms with van der Waals surface area (Å²) in [5.74, 6) is -0.582. The Bertz CT molecular complexity index is 755. The van der Waals surface area contributed by atoms with E-state index in [9.17, 15) is 25.7 Å². The molecule has 1 aliphatic heterocycles. The zero-order chi connectivity index (χ0) is 19.5. The molecule has 3 rings (SSSR count). The van der Waals surface area contributed by atoms with Crippen molar-refractivity contribution in [2.75, 3.05) is 0 Å². The quantitative estimate of drug-likeness (QED) is 0.687. The number of allylic oxidation sites excluding steroid dienone is 2. The molecule has 1 saturated heterocycles. The SMILES string of the molecule is N#CC1(C#N)CC(C=O)=C2N[C@]3(O)CCCCCCCCCC[C@H]3[C@]21C#N. The highest BCUT2D eigenvalue weighted by atomic mass is 16.3. The molecule has 0 aromatic carbocycles. The maximum Gasteiger partial charge on any atom is 0.172 e. The summed E-state index contributed by atoms with van der Waals surface area (Å²) in [5.41, 5.74) is -3.91. The van der Waals surface area contributed by atoms with Crippen LogP contribution in [0.5, 0.6) is 0 Å². The number of nitrogens with zero attached hydrogens (tertiary/aromatic N) is 3. The number of carbonyl (C=O) groups excluding carboxylic acids is 1. The molecular weight excluding hydrogens is 340 g/mol. The highest BCUT2D eigenvalue weighted by Crippen LogP contribution is 2.65. The van der Waals surface area contributed by atoms with Crippen LogP contribution in [-0.4, -0.2) is 17.1 Å². The number of aldehydes is 1. The van der Waals surface area contributed by atoms with E-state index in [0.717, 1.165) is 38.5 Å². The van der Waals surface area contributed by atoms with Gasteiger partial charge in [0.15, 0.2) is 5.41 Å². The Balaban J connectivity index is 2.11. The van der Waals surface area contributed by atoms with E-state index in [1.165, 1.54) is 12.8 Å². The molecule has 0 aromatic heterocycles. The van der Waals surface area contributed by atoms with E-state index < -0.39 is 22.5 Å². The molecule has 142 valence electrons. The number of carbonyl (C=O) groups is 1. The first kappa shape index (κ1) is 19.4. The molecule has 0 unspecified atom stereocenters. The van der Waals surface area contributed by atoms with Gasteiger partial charge in [0, 0.05) is 23.6 Å². The predicted molar refractivity (Wildman–Crippen MR) is 97.2 cm³/mol. The average molecular weight is 366 g/mol. The van der Waals surface area contributed by atoms with Crippen LogP contribution in [0.15, 0.2) is 11.3 Å². The standard InChI is InChI=1S/C21H26N4O2/c22-13-19(14-23)11-16(12-26)18-20(19,15-24)17-9-7-5-3-1-2-4-6-8-10-21(17,27)25-18/h12,17,25,27H,1-11H2/t17-,20+,21-/m0/s1. The first-order chi connectivity index (χ1) is 13.0. The van der Waals surface area contributed by atoms with Crippen LogP contribution in [0.1, 0.15) is 70.6 Å². The smallest absolute Gasteiger partial charge is 0.172 e. The molecule has 6 nitrogen and oxygen atoms in total. The van der Waals surface area contributed by atoms with Crippen molar-refractivity contribution in [1.29, 1.82) is 15.8 Å². The van der Waals surface area contributed by atoms with E-state index in [1.54, 1.807) is 0 Å². The van der Waals surface area contributed by atoms with E-state index in [4.69, 9.17) is 0 Å². The van der Waals surface area contributed by atoms with Gasteiger partial charge in [-0.2, -0.15) is 15.8 Å². The molecule has 2 N–H and O–H groups in total. The van der Waals surface area contributed by atoms with Crippen molar-refractivity contribution in [3.8, 4) is 18.2 Å². The van der Waals surface area contributed by atoms with Gasteiger partial charge >= 0.3 is 0 Å². The van der Waals surface area contributed by atoms with Crippen molar-refractivity contribution in [1.82, 2.24) is 5.32 Å². The molecule has 0 spiro atoms. The Morgan fingerprint density at radius 2 is 1.56 bits per heavy atom. The minimum absolute atomic E-state index is 0.0635.